The minimum atomic E-state index is -4.78. The number of carbonyl (C=O) groups is 2. The van der Waals surface area contributed by atoms with Gasteiger partial charge in [-0.25, -0.2) is 18.0 Å². The van der Waals surface area contributed by atoms with Crippen LogP contribution < -0.4 is 34.3 Å². The monoisotopic (exact) mass is 400 g/mol. The molecule has 0 aliphatic rings. The van der Waals surface area contributed by atoms with Crippen molar-refractivity contribution >= 4 is 22.1 Å². The molecule has 7 nitrogen and oxygen atoms in total. The summed E-state index contributed by atoms with van der Waals surface area (Å²) in [6.45, 7) is 2.30. The molecule has 0 unspecified atom stereocenters. The zero-order valence-corrected chi connectivity index (χ0v) is 17.8. The van der Waals surface area contributed by atoms with E-state index in [1.54, 1.807) is 0 Å². The van der Waals surface area contributed by atoms with Crippen LogP contribution >= 0.6 is 0 Å². The first-order valence-electron chi connectivity index (χ1n) is 7.87. The fourth-order valence-electron chi connectivity index (χ4n) is 2.03. The van der Waals surface area contributed by atoms with Gasteiger partial charge in [0, 0.05) is 0 Å². The molecule has 0 fully saturated rings. The topological polar surface area (TPSA) is 110 Å². The van der Waals surface area contributed by atoms with Crippen molar-refractivity contribution in [1.82, 2.24) is 0 Å². The maximum atomic E-state index is 12.2. The van der Waals surface area contributed by atoms with Gasteiger partial charge in [-0.15, -0.1) is 0 Å². The molecular formula is C18H17NaO7S. The van der Waals surface area contributed by atoms with Crippen LogP contribution in [-0.4, -0.2) is 31.5 Å². The number of unbranched alkanes of at least 4 members (excludes halogenated alkanes) is 1. The molecule has 0 bridgehead atoms. The molecule has 0 saturated carbocycles. The van der Waals surface area contributed by atoms with Crippen LogP contribution in [0.15, 0.2) is 53.4 Å². The number of para-hydroxylation sites is 1. The quantitative estimate of drug-likeness (QED) is 0.208. The third-order valence-corrected chi connectivity index (χ3v) is 4.28. The van der Waals surface area contributed by atoms with Crippen LogP contribution in [0.4, 0.5) is 0 Å². The molecule has 0 aliphatic carbocycles. The summed E-state index contributed by atoms with van der Waals surface area (Å²) in [6, 6.07) is 10.6. The summed E-state index contributed by atoms with van der Waals surface area (Å²) >= 11 is 0. The Morgan fingerprint density at radius 3 is 2.07 bits per heavy atom. The van der Waals surface area contributed by atoms with Gasteiger partial charge in [0.2, 0.25) is 0 Å². The molecule has 0 atom stereocenters. The Kier molecular flexibility index (Phi) is 9.14. The number of hydrogen-bond donors (Lipinski definition) is 0. The molecule has 0 aromatic heterocycles. The molecule has 0 aliphatic heterocycles. The van der Waals surface area contributed by atoms with E-state index in [4.69, 9.17) is 9.47 Å². The molecule has 0 N–H and O–H groups in total. The number of hydrogen-bond acceptors (Lipinski definition) is 7. The van der Waals surface area contributed by atoms with Crippen LogP contribution in [0.25, 0.3) is 0 Å². The maximum absolute atomic E-state index is 12.2. The molecule has 2 aromatic rings. The van der Waals surface area contributed by atoms with Gasteiger partial charge in [0.1, 0.15) is 15.9 Å². The second-order valence-electron chi connectivity index (χ2n) is 5.36. The minimum absolute atomic E-state index is 0. The van der Waals surface area contributed by atoms with Gasteiger partial charge in [0.05, 0.1) is 22.6 Å². The van der Waals surface area contributed by atoms with E-state index in [9.17, 15) is 22.6 Å². The maximum Gasteiger partial charge on any atom is 1.00 e. The number of benzene rings is 2. The van der Waals surface area contributed by atoms with E-state index in [1.165, 1.54) is 42.5 Å². The van der Waals surface area contributed by atoms with Crippen LogP contribution in [0.5, 0.6) is 5.75 Å². The van der Waals surface area contributed by atoms with Crippen molar-refractivity contribution in [3.05, 3.63) is 59.7 Å². The number of ether oxygens (including phenoxy) is 2. The third kappa shape index (κ3) is 6.75. The summed E-state index contributed by atoms with van der Waals surface area (Å²) in [5.74, 6) is -1.70. The van der Waals surface area contributed by atoms with E-state index in [0.29, 0.717) is 6.61 Å². The standard InChI is InChI=1S/C18H18O7S.Na/c1-2-3-12-24-17(19)13-8-10-14(11-9-13)18(20)25-15-6-4-5-7-16(15)26(21,22)23;/h4-11H,2-3,12H2,1H3,(H,21,22,23);/q;+1/p-1. The molecule has 0 radical (unpaired) electrons. The second-order valence-corrected chi connectivity index (χ2v) is 6.71. The molecule has 27 heavy (non-hydrogen) atoms. The fraction of sp³-hybridized carbons (Fsp3) is 0.222. The third-order valence-electron chi connectivity index (χ3n) is 3.41. The van der Waals surface area contributed by atoms with E-state index in [-0.39, 0.29) is 46.4 Å². The zero-order valence-electron chi connectivity index (χ0n) is 15.0. The van der Waals surface area contributed by atoms with Crippen LogP contribution in [0.1, 0.15) is 40.5 Å². The number of esters is 2. The van der Waals surface area contributed by atoms with Crippen molar-refractivity contribution in [2.75, 3.05) is 6.61 Å². The Balaban J connectivity index is 0.00000364. The van der Waals surface area contributed by atoms with E-state index < -0.39 is 27.0 Å². The smallest absolute Gasteiger partial charge is 0.744 e. The molecule has 0 spiro atoms. The molecule has 0 amide bonds. The number of rotatable bonds is 7. The van der Waals surface area contributed by atoms with Gasteiger partial charge in [-0.05, 0) is 42.8 Å². The van der Waals surface area contributed by atoms with Crippen LogP contribution in [-0.2, 0) is 14.9 Å². The first kappa shape index (κ1) is 23.3. The molecule has 2 aromatic carbocycles. The Hall–Kier alpha value is -1.71. The van der Waals surface area contributed by atoms with Gasteiger partial charge < -0.3 is 14.0 Å². The molecule has 0 heterocycles. The van der Waals surface area contributed by atoms with Gasteiger partial charge in [-0.2, -0.15) is 0 Å². The first-order valence-corrected chi connectivity index (χ1v) is 9.28. The van der Waals surface area contributed by atoms with Crippen molar-refractivity contribution in [3.8, 4) is 5.75 Å². The van der Waals surface area contributed by atoms with E-state index in [0.717, 1.165) is 18.9 Å². The normalized spacial score (nSPS) is 10.6. The predicted molar refractivity (Wildman–Crippen MR) is 91.0 cm³/mol. The van der Waals surface area contributed by atoms with E-state index >= 15 is 0 Å². The van der Waals surface area contributed by atoms with Crippen LogP contribution in [0.2, 0.25) is 0 Å². The summed E-state index contributed by atoms with van der Waals surface area (Å²) in [5.41, 5.74) is 0.369. The van der Waals surface area contributed by atoms with Gasteiger partial charge in [-0.1, -0.05) is 25.5 Å². The van der Waals surface area contributed by atoms with E-state index in [2.05, 4.69) is 0 Å². The largest absolute Gasteiger partial charge is 1.00 e. The van der Waals surface area contributed by atoms with Crippen molar-refractivity contribution in [2.24, 2.45) is 0 Å². The Labute approximate surface area is 179 Å². The summed E-state index contributed by atoms with van der Waals surface area (Å²) in [4.78, 5) is 23.3. The van der Waals surface area contributed by atoms with Gasteiger partial charge >= 0.3 is 41.5 Å². The zero-order chi connectivity index (χ0) is 19.2. The van der Waals surface area contributed by atoms with Crippen molar-refractivity contribution in [3.63, 3.8) is 0 Å². The minimum Gasteiger partial charge on any atom is -0.744 e. The van der Waals surface area contributed by atoms with E-state index in [1.807, 2.05) is 6.92 Å². The van der Waals surface area contributed by atoms with Gasteiger partial charge in [0.15, 0.2) is 0 Å². The number of carbonyl (C=O) groups excluding carboxylic acids is 2. The Bertz CT molecular complexity index is 892. The van der Waals surface area contributed by atoms with Gasteiger partial charge in [-0.3, -0.25) is 0 Å². The molecule has 2 rings (SSSR count). The van der Waals surface area contributed by atoms with Crippen LogP contribution in [0, 0.1) is 0 Å². The Morgan fingerprint density at radius 1 is 0.963 bits per heavy atom. The van der Waals surface area contributed by atoms with Crippen LogP contribution in [0.3, 0.4) is 0 Å². The van der Waals surface area contributed by atoms with Gasteiger partial charge in [0.25, 0.3) is 0 Å². The molecular weight excluding hydrogens is 383 g/mol. The molecule has 9 heteroatoms. The first-order chi connectivity index (χ1) is 12.3. The summed E-state index contributed by atoms with van der Waals surface area (Å²) in [5, 5.41) is 0. The molecule has 0 saturated heterocycles. The predicted octanol–water partition coefficient (Wildman–Crippen LogP) is -0.229. The average molecular weight is 400 g/mol. The fourth-order valence-corrected chi connectivity index (χ4v) is 2.64. The SMILES string of the molecule is CCCCOC(=O)c1ccc(C(=O)Oc2ccccc2S(=O)(=O)[O-])cc1.[Na+]. The summed E-state index contributed by atoms with van der Waals surface area (Å²) in [6.07, 6.45) is 1.66. The van der Waals surface area contributed by atoms with Crippen molar-refractivity contribution < 1.29 is 61.6 Å². The van der Waals surface area contributed by atoms with Crippen molar-refractivity contribution in [2.45, 2.75) is 24.7 Å². The average Bonchev–Trinajstić information content (AvgIpc) is 2.61. The second kappa shape index (κ2) is 10.6. The molecule has 138 valence electrons. The Morgan fingerprint density at radius 2 is 1.52 bits per heavy atom. The summed E-state index contributed by atoms with van der Waals surface area (Å²) in [7, 11) is -4.78. The van der Waals surface area contributed by atoms with Crippen molar-refractivity contribution in [1.29, 1.82) is 0 Å². The summed E-state index contributed by atoms with van der Waals surface area (Å²) < 4.78 is 43.7.